The summed E-state index contributed by atoms with van der Waals surface area (Å²) in [4.78, 5) is 20.7. The number of benzene rings is 14. The van der Waals surface area contributed by atoms with Gasteiger partial charge >= 0.3 is 0 Å². The van der Waals surface area contributed by atoms with Gasteiger partial charge in [-0.15, -0.1) is 0 Å². The zero-order valence-electron chi connectivity index (χ0n) is 52.8. The first-order valence-corrected chi connectivity index (χ1v) is 32.5. The number of fused-ring (bicyclic) bond motifs is 6. The average molecular weight is 1250 g/mol. The Hall–Kier alpha value is -13.8. The first-order chi connectivity index (χ1) is 48.4. The van der Waals surface area contributed by atoms with Gasteiger partial charge in [0, 0.05) is 55.2 Å². The van der Waals surface area contributed by atoms with E-state index in [0.29, 0.717) is 62.1 Å². The van der Waals surface area contributed by atoms with Gasteiger partial charge in [-0.3, -0.25) is 0 Å². The lowest BCUT2D eigenvalue weighted by Gasteiger charge is -2.18. The Morgan fingerprint density at radius 1 is 0.255 bits per heavy atom. The zero-order valence-corrected chi connectivity index (χ0v) is 52.8. The van der Waals surface area contributed by atoms with Crippen molar-refractivity contribution >= 4 is 49.3 Å². The summed E-state index contributed by atoms with van der Waals surface area (Å²) < 4.78 is 4.63. The molecule has 3 aromatic heterocycles. The van der Waals surface area contributed by atoms with Gasteiger partial charge in [0.05, 0.1) is 51.9 Å². The van der Waals surface area contributed by atoms with E-state index in [-0.39, 0.29) is 0 Å². The first-order valence-electron chi connectivity index (χ1n) is 32.5. The van der Waals surface area contributed by atoms with Crippen LogP contribution in [0.2, 0.25) is 0 Å². The number of para-hydroxylation sites is 1. The molecule has 3 heterocycles. The summed E-state index contributed by atoms with van der Waals surface area (Å²) >= 11 is 0. The zero-order chi connectivity index (χ0) is 65.6. The Labute approximate surface area is 566 Å². The molecule has 0 saturated carbocycles. The molecule has 0 spiro atoms. The normalized spacial score (nSPS) is 11.2. The lowest BCUT2D eigenvalue weighted by Crippen LogP contribution is -2.04. The largest absolute Gasteiger partial charge is 0.309 e. The lowest BCUT2D eigenvalue weighted by molar-refractivity contribution is 1.07. The molecule has 14 aromatic carbocycles. The highest BCUT2D eigenvalue weighted by Gasteiger charge is 2.25. The number of hydrogen-bond donors (Lipinski definition) is 0. The molecule has 0 aliphatic rings. The van der Waals surface area contributed by atoms with Crippen LogP contribution in [0.1, 0.15) is 11.1 Å². The fraction of sp³-hybridized carbons (Fsp3) is 0. The summed E-state index contributed by atoms with van der Waals surface area (Å²) in [5.74, 6) is 1.12. The van der Waals surface area contributed by atoms with Gasteiger partial charge in [0.1, 0.15) is 0 Å². The van der Waals surface area contributed by atoms with Crippen molar-refractivity contribution in [3.63, 3.8) is 0 Å². The quantitative estimate of drug-likeness (QED) is 0.113. The van der Waals surface area contributed by atoms with Crippen LogP contribution in [0.15, 0.2) is 328 Å². The molecule has 8 nitrogen and oxygen atoms in total. The third kappa shape index (κ3) is 10.3. The van der Waals surface area contributed by atoms with Crippen LogP contribution in [0.5, 0.6) is 0 Å². The number of hydrogen-bond acceptors (Lipinski definition) is 5. The van der Waals surface area contributed by atoms with Crippen molar-refractivity contribution in [2.45, 2.75) is 0 Å². The first kappa shape index (κ1) is 58.0. The molecule has 454 valence electrons. The molecule has 17 rings (SSSR count). The maximum absolute atomic E-state index is 11.0. The van der Waals surface area contributed by atoms with E-state index in [9.17, 15) is 10.5 Å². The summed E-state index contributed by atoms with van der Waals surface area (Å²) in [7, 11) is 0. The van der Waals surface area contributed by atoms with Gasteiger partial charge in [-0.2, -0.15) is 10.5 Å². The van der Waals surface area contributed by atoms with Crippen LogP contribution in [0, 0.1) is 29.2 Å². The standard InChI is InChI=1S/C90H54N8/c1-93-83-36-19-18-35-74(83)78-55-71(98-86-47-39-64(60-25-10-4-11-26-60)52-81(86)82-53-65(40-48-87(82)98)61-27-12-5-13-28-61)42-44-76(78)90-95-88(67-32-20-31-66(49-67)72-33-16-14-29-68(72)56-91)94-89(96-90)75-43-41-70(54-77(75)73-34-17-15-30-69(73)57-92)97-84-45-37-62(58-21-6-2-7-22-58)50-79(84)80-51-63(38-46-85(80)97)59-23-8-3-9-24-59/h2-55H. The molecule has 8 heteroatoms. The number of nitriles is 2. The Morgan fingerprint density at radius 3 is 1.03 bits per heavy atom. The van der Waals surface area contributed by atoms with Gasteiger partial charge in [0.2, 0.25) is 0 Å². The fourth-order valence-electron chi connectivity index (χ4n) is 14.0. The highest BCUT2D eigenvalue weighted by molar-refractivity contribution is 6.13. The second-order valence-electron chi connectivity index (χ2n) is 24.4. The highest BCUT2D eigenvalue weighted by atomic mass is 15.0. The second kappa shape index (κ2) is 24.6. The van der Waals surface area contributed by atoms with Crippen molar-refractivity contribution in [2.24, 2.45) is 0 Å². The van der Waals surface area contributed by atoms with E-state index in [1.54, 1.807) is 0 Å². The van der Waals surface area contributed by atoms with Crippen LogP contribution in [0.3, 0.4) is 0 Å². The molecule has 17 aromatic rings. The van der Waals surface area contributed by atoms with Crippen molar-refractivity contribution in [3.05, 3.63) is 350 Å². The van der Waals surface area contributed by atoms with Gasteiger partial charge < -0.3 is 9.13 Å². The SMILES string of the molecule is [C-]#[N+]c1ccccc1-c1cc(-n2c3ccc(-c4ccccc4)cc3c3cc(-c4ccccc4)ccc32)ccc1-c1nc(-c2cccc(-c3ccccc3C#N)c2)nc(-c2ccc(-n3c4ccc(-c5ccccc5)cc4c4cc(-c5ccccc5)ccc43)cc2-c2ccccc2C#N)n1. The third-order valence-corrected chi connectivity index (χ3v) is 18.7. The van der Waals surface area contributed by atoms with Crippen LogP contribution < -0.4 is 0 Å². The van der Waals surface area contributed by atoms with E-state index in [1.807, 2.05) is 121 Å². The minimum atomic E-state index is 0.365. The van der Waals surface area contributed by atoms with Crippen molar-refractivity contribution in [1.29, 1.82) is 10.5 Å². The van der Waals surface area contributed by atoms with Gasteiger partial charge in [-0.25, -0.2) is 19.8 Å². The molecule has 0 amide bonds. The van der Waals surface area contributed by atoms with Crippen LogP contribution in [-0.4, -0.2) is 24.1 Å². The molecule has 0 unspecified atom stereocenters. The molecule has 0 radical (unpaired) electrons. The van der Waals surface area contributed by atoms with Crippen molar-refractivity contribution in [3.8, 4) is 136 Å². The number of aromatic nitrogens is 5. The summed E-state index contributed by atoms with van der Waals surface area (Å²) in [6, 6.07) is 117. The lowest BCUT2D eigenvalue weighted by atomic mass is 9.94. The molecule has 0 N–H and O–H groups in total. The monoisotopic (exact) mass is 1250 g/mol. The van der Waals surface area contributed by atoms with Crippen molar-refractivity contribution in [1.82, 2.24) is 24.1 Å². The molecule has 0 bridgehead atoms. The van der Waals surface area contributed by atoms with Crippen molar-refractivity contribution in [2.75, 3.05) is 0 Å². The van der Waals surface area contributed by atoms with Gasteiger partial charge in [0.25, 0.3) is 0 Å². The minimum Gasteiger partial charge on any atom is -0.309 e. The summed E-state index contributed by atoms with van der Waals surface area (Å²) in [6.07, 6.45) is 0. The molecule has 0 saturated heterocycles. The fourth-order valence-corrected chi connectivity index (χ4v) is 14.0. The van der Waals surface area contributed by atoms with Crippen LogP contribution in [-0.2, 0) is 0 Å². The third-order valence-electron chi connectivity index (χ3n) is 18.7. The molecule has 0 atom stereocenters. The molecular formula is C90H54N8. The molecule has 98 heavy (non-hydrogen) atoms. The van der Waals surface area contributed by atoms with Gasteiger partial charge in [0.15, 0.2) is 23.2 Å². The number of rotatable bonds is 12. The average Bonchev–Trinajstić information content (AvgIpc) is 1.60. The van der Waals surface area contributed by atoms with Gasteiger partial charge in [-0.05, 0) is 175 Å². The van der Waals surface area contributed by atoms with E-state index in [1.165, 1.54) is 0 Å². The Balaban J connectivity index is 0.907. The topological polar surface area (TPSA) is 100 Å². The molecular weight excluding hydrogens is 1190 g/mol. The molecule has 0 aliphatic heterocycles. The smallest absolute Gasteiger partial charge is 0.194 e. The molecule has 0 fully saturated rings. The van der Waals surface area contributed by atoms with E-state index in [2.05, 4.69) is 232 Å². The minimum absolute atomic E-state index is 0.365. The van der Waals surface area contributed by atoms with Crippen molar-refractivity contribution < 1.29 is 0 Å². The predicted octanol–water partition coefficient (Wildman–Crippen LogP) is 23.0. The summed E-state index contributed by atoms with van der Waals surface area (Å²) in [6.45, 7) is 8.63. The van der Waals surface area contributed by atoms with Gasteiger partial charge in [-0.1, -0.05) is 224 Å². The van der Waals surface area contributed by atoms with Crippen LogP contribution in [0.25, 0.3) is 172 Å². The maximum Gasteiger partial charge on any atom is 0.194 e. The molecule has 0 aliphatic carbocycles. The Kier molecular flexibility index (Phi) is 14.5. The predicted molar refractivity (Wildman–Crippen MR) is 399 cm³/mol. The Bertz CT molecular complexity index is 5630. The maximum atomic E-state index is 11.0. The Morgan fingerprint density at radius 2 is 0.602 bits per heavy atom. The summed E-state index contributed by atoms with van der Waals surface area (Å²) in [5.41, 5.74) is 22.8. The summed E-state index contributed by atoms with van der Waals surface area (Å²) in [5, 5.41) is 25.8. The highest BCUT2D eigenvalue weighted by Crippen LogP contribution is 2.45. The van der Waals surface area contributed by atoms with E-state index >= 15 is 0 Å². The van der Waals surface area contributed by atoms with Crippen LogP contribution in [0.4, 0.5) is 5.69 Å². The van der Waals surface area contributed by atoms with E-state index in [4.69, 9.17) is 21.5 Å². The van der Waals surface area contributed by atoms with Crippen LogP contribution >= 0.6 is 0 Å². The number of nitrogens with zero attached hydrogens (tertiary/aromatic N) is 8. The van der Waals surface area contributed by atoms with E-state index < -0.39 is 0 Å². The van der Waals surface area contributed by atoms with E-state index in [0.717, 1.165) is 122 Å². The second-order valence-corrected chi connectivity index (χ2v) is 24.4.